The average Bonchev–Trinajstić information content (AvgIpc) is 2.55. The summed E-state index contributed by atoms with van der Waals surface area (Å²) in [5.74, 6) is 1.08. The summed E-state index contributed by atoms with van der Waals surface area (Å²) in [5, 5.41) is 1.19. The molecule has 0 amide bonds. The first-order valence-corrected chi connectivity index (χ1v) is 7.75. The molecule has 4 nitrogen and oxygen atoms in total. The fourth-order valence-corrected chi connectivity index (χ4v) is 2.78. The van der Waals surface area contributed by atoms with Crippen LogP contribution < -0.4 is 10.6 Å². The summed E-state index contributed by atoms with van der Waals surface area (Å²) < 4.78 is 5.46. The number of anilines is 1. The van der Waals surface area contributed by atoms with Crippen molar-refractivity contribution in [3.05, 3.63) is 35.9 Å². The van der Waals surface area contributed by atoms with Gasteiger partial charge in [-0.2, -0.15) is 0 Å². The number of ether oxygens (including phenoxy) is 1. The van der Waals surface area contributed by atoms with Gasteiger partial charge in [0, 0.05) is 24.5 Å². The molecule has 1 aliphatic rings. The van der Waals surface area contributed by atoms with E-state index in [2.05, 4.69) is 36.1 Å². The van der Waals surface area contributed by atoms with Gasteiger partial charge in [-0.15, -0.1) is 0 Å². The van der Waals surface area contributed by atoms with Crippen LogP contribution in [-0.4, -0.2) is 37.3 Å². The fraction of sp³-hybridized carbons (Fsp3) is 0.471. The predicted octanol–water partition coefficient (Wildman–Crippen LogP) is 2.35. The van der Waals surface area contributed by atoms with Crippen LogP contribution in [-0.2, 0) is 11.2 Å². The Balaban J connectivity index is 2.02. The molecule has 1 fully saturated rings. The fourth-order valence-electron chi connectivity index (χ4n) is 2.78. The van der Waals surface area contributed by atoms with E-state index in [-0.39, 0.29) is 6.04 Å². The monoisotopic (exact) mass is 285 g/mol. The molecular weight excluding hydrogens is 262 g/mol. The number of pyridine rings is 1. The van der Waals surface area contributed by atoms with Gasteiger partial charge in [-0.25, -0.2) is 4.98 Å². The summed E-state index contributed by atoms with van der Waals surface area (Å²) in [6.07, 6.45) is 1.86. The predicted molar refractivity (Wildman–Crippen MR) is 86.7 cm³/mol. The second-order valence-corrected chi connectivity index (χ2v) is 5.64. The molecule has 0 bridgehead atoms. The number of hydrogen-bond donors (Lipinski definition) is 1. The zero-order valence-corrected chi connectivity index (χ0v) is 12.6. The van der Waals surface area contributed by atoms with Crippen LogP contribution in [0.5, 0.6) is 0 Å². The van der Waals surface area contributed by atoms with Crippen molar-refractivity contribution in [1.82, 2.24) is 4.98 Å². The molecule has 0 aliphatic carbocycles. The lowest BCUT2D eigenvalue weighted by Gasteiger charge is -2.30. The molecule has 4 heteroatoms. The largest absolute Gasteiger partial charge is 0.378 e. The maximum absolute atomic E-state index is 6.18. The summed E-state index contributed by atoms with van der Waals surface area (Å²) in [5.41, 5.74) is 8.48. The van der Waals surface area contributed by atoms with Gasteiger partial charge in [0.2, 0.25) is 0 Å². The van der Waals surface area contributed by atoms with Crippen LogP contribution >= 0.6 is 0 Å². The third-order valence-corrected chi connectivity index (χ3v) is 4.10. The SMILES string of the molecule is CCC(N)Cc1cc2ccccc2nc1N1CCOCC1. The van der Waals surface area contributed by atoms with E-state index in [0.29, 0.717) is 0 Å². The number of rotatable bonds is 4. The molecule has 21 heavy (non-hydrogen) atoms. The van der Waals surface area contributed by atoms with Gasteiger partial charge in [-0.3, -0.25) is 0 Å². The highest BCUT2D eigenvalue weighted by molar-refractivity contribution is 5.81. The maximum atomic E-state index is 6.18. The highest BCUT2D eigenvalue weighted by Crippen LogP contribution is 2.25. The Morgan fingerprint density at radius 2 is 2.05 bits per heavy atom. The number of benzene rings is 1. The third kappa shape index (κ3) is 3.17. The molecule has 2 N–H and O–H groups in total. The molecule has 0 spiro atoms. The van der Waals surface area contributed by atoms with Crippen molar-refractivity contribution in [3.63, 3.8) is 0 Å². The van der Waals surface area contributed by atoms with Gasteiger partial charge in [0.15, 0.2) is 0 Å². The molecular formula is C17H23N3O. The smallest absolute Gasteiger partial charge is 0.132 e. The van der Waals surface area contributed by atoms with Crippen molar-refractivity contribution >= 4 is 16.7 Å². The topological polar surface area (TPSA) is 51.4 Å². The Kier molecular flexibility index (Phi) is 4.36. The van der Waals surface area contributed by atoms with Crippen LogP contribution in [0.2, 0.25) is 0 Å². The van der Waals surface area contributed by atoms with Gasteiger partial charge in [-0.05, 0) is 30.5 Å². The molecule has 1 aromatic heterocycles. The molecule has 1 saturated heterocycles. The Morgan fingerprint density at radius 3 is 2.81 bits per heavy atom. The molecule has 1 unspecified atom stereocenters. The number of nitrogens with two attached hydrogens (primary N) is 1. The number of para-hydroxylation sites is 1. The first-order valence-electron chi connectivity index (χ1n) is 7.75. The molecule has 1 aliphatic heterocycles. The number of aromatic nitrogens is 1. The van der Waals surface area contributed by atoms with Crippen LogP contribution in [0.25, 0.3) is 10.9 Å². The van der Waals surface area contributed by atoms with Gasteiger partial charge in [0.1, 0.15) is 5.82 Å². The zero-order chi connectivity index (χ0) is 14.7. The minimum absolute atomic E-state index is 0.188. The molecule has 112 valence electrons. The maximum Gasteiger partial charge on any atom is 0.132 e. The minimum Gasteiger partial charge on any atom is -0.378 e. The van der Waals surface area contributed by atoms with E-state index in [1.165, 1.54) is 10.9 Å². The van der Waals surface area contributed by atoms with Crippen LogP contribution in [0.3, 0.4) is 0 Å². The van der Waals surface area contributed by atoms with E-state index < -0.39 is 0 Å². The van der Waals surface area contributed by atoms with Crippen LogP contribution in [0.1, 0.15) is 18.9 Å². The van der Waals surface area contributed by atoms with Gasteiger partial charge in [0.05, 0.1) is 18.7 Å². The van der Waals surface area contributed by atoms with Crippen molar-refractivity contribution < 1.29 is 4.74 Å². The van der Waals surface area contributed by atoms with Crippen LogP contribution in [0, 0.1) is 0 Å². The van der Waals surface area contributed by atoms with E-state index in [1.54, 1.807) is 0 Å². The standard InChI is InChI=1S/C17H23N3O/c1-2-15(18)12-14-11-13-5-3-4-6-16(13)19-17(14)20-7-9-21-10-8-20/h3-6,11,15H,2,7-10,12,18H2,1H3. The highest BCUT2D eigenvalue weighted by atomic mass is 16.5. The minimum atomic E-state index is 0.188. The van der Waals surface area contributed by atoms with Crippen molar-refractivity contribution in [3.8, 4) is 0 Å². The summed E-state index contributed by atoms with van der Waals surface area (Å²) in [7, 11) is 0. The van der Waals surface area contributed by atoms with Crippen LogP contribution in [0.15, 0.2) is 30.3 Å². The molecule has 2 aromatic rings. The van der Waals surface area contributed by atoms with E-state index >= 15 is 0 Å². The number of nitrogens with zero attached hydrogens (tertiary/aromatic N) is 2. The number of hydrogen-bond acceptors (Lipinski definition) is 4. The number of fused-ring (bicyclic) bond motifs is 1. The number of morpholine rings is 1. The Morgan fingerprint density at radius 1 is 1.29 bits per heavy atom. The lowest BCUT2D eigenvalue weighted by Crippen LogP contribution is -2.38. The van der Waals surface area contributed by atoms with Crippen molar-refractivity contribution in [2.75, 3.05) is 31.2 Å². The summed E-state index contributed by atoms with van der Waals surface area (Å²) >= 11 is 0. The Hall–Kier alpha value is -1.65. The molecule has 0 saturated carbocycles. The van der Waals surface area contributed by atoms with Gasteiger partial charge >= 0.3 is 0 Å². The molecule has 1 aromatic carbocycles. The lowest BCUT2D eigenvalue weighted by molar-refractivity contribution is 0.122. The molecule has 2 heterocycles. The van der Waals surface area contributed by atoms with E-state index in [0.717, 1.165) is 50.5 Å². The quantitative estimate of drug-likeness (QED) is 0.937. The van der Waals surface area contributed by atoms with E-state index in [4.69, 9.17) is 15.5 Å². The van der Waals surface area contributed by atoms with Crippen molar-refractivity contribution in [2.24, 2.45) is 5.73 Å². The zero-order valence-electron chi connectivity index (χ0n) is 12.6. The lowest BCUT2D eigenvalue weighted by atomic mass is 10.0. The second kappa shape index (κ2) is 6.41. The normalized spacial score (nSPS) is 17.1. The molecule has 1 atom stereocenters. The molecule has 3 rings (SSSR count). The van der Waals surface area contributed by atoms with Gasteiger partial charge in [0.25, 0.3) is 0 Å². The average molecular weight is 285 g/mol. The Bertz CT molecular complexity index is 608. The second-order valence-electron chi connectivity index (χ2n) is 5.64. The van der Waals surface area contributed by atoms with E-state index in [1.807, 2.05) is 6.07 Å². The highest BCUT2D eigenvalue weighted by Gasteiger charge is 2.18. The van der Waals surface area contributed by atoms with Crippen molar-refractivity contribution in [2.45, 2.75) is 25.8 Å². The summed E-state index contributed by atoms with van der Waals surface area (Å²) in [6, 6.07) is 10.7. The van der Waals surface area contributed by atoms with Crippen molar-refractivity contribution in [1.29, 1.82) is 0 Å². The Labute approximate surface area is 125 Å². The van der Waals surface area contributed by atoms with E-state index in [9.17, 15) is 0 Å². The van der Waals surface area contributed by atoms with Gasteiger partial charge < -0.3 is 15.4 Å². The summed E-state index contributed by atoms with van der Waals surface area (Å²) in [6.45, 7) is 5.48. The van der Waals surface area contributed by atoms with Gasteiger partial charge in [-0.1, -0.05) is 25.1 Å². The third-order valence-electron chi connectivity index (χ3n) is 4.10. The molecule has 0 radical (unpaired) electrons. The summed E-state index contributed by atoms with van der Waals surface area (Å²) in [4.78, 5) is 7.23. The van der Waals surface area contributed by atoms with Crippen LogP contribution in [0.4, 0.5) is 5.82 Å². The first-order chi connectivity index (χ1) is 10.3. The first kappa shape index (κ1) is 14.3.